The minimum atomic E-state index is -4.97. The Balaban J connectivity index is 2.01. The number of carbonyl (C=O) groups excluding carboxylic acids is 2. The van der Waals surface area contributed by atoms with Crippen LogP contribution in [0.3, 0.4) is 0 Å². The Bertz CT molecular complexity index is 829. The largest absolute Gasteiger partial charge is 0.471 e. The number of carbonyl (C=O) groups is 2. The van der Waals surface area contributed by atoms with Crippen LogP contribution in [0.1, 0.15) is 22.8 Å². The fraction of sp³-hybridized carbons (Fsp3) is 0.118. The molecule has 9 heteroatoms. The van der Waals surface area contributed by atoms with E-state index < -0.39 is 23.8 Å². The number of rotatable bonds is 4. The molecule has 136 valence electrons. The van der Waals surface area contributed by atoms with Gasteiger partial charge in [0.05, 0.1) is 5.71 Å². The van der Waals surface area contributed by atoms with E-state index in [-0.39, 0.29) is 11.3 Å². The van der Waals surface area contributed by atoms with Crippen LogP contribution >= 0.6 is 0 Å². The molecule has 0 bridgehead atoms. The molecule has 0 atom stereocenters. The first-order valence-electron chi connectivity index (χ1n) is 7.25. The first-order chi connectivity index (χ1) is 12.2. The van der Waals surface area contributed by atoms with Crippen molar-refractivity contribution in [2.45, 2.75) is 13.1 Å². The third kappa shape index (κ3) is 5.13. The molecule has 0 aliphatic rings. The molecule has 0 heterocycles. The molecule has 0 aliphatic carbocycles. The molecule has 0 saturated carbocycles. The van der Waals surface area contributed by atoms with Crippen molar-refractivity contribution in [1.29, 1.82) is 0 Å². The van der Waals surface area contributed by atoms with Crippen molar-refractivity contribution in [1.82, 2.24) is 5.43 Å². The molecule has 2 rings (SSSR count). The zero-order valence-electron chi connectivity index (χ0n) is 13.4. The predicted octanol–water partition coefficient (Wildman–Crippen LogP) is 3.48. The Labute approximate surface area is 145 Å². The van der Waals surface area contributed by atoms with E-state index in [9.17, 15) is 27.2 Å². The lowest BCUT2D eigenvalue weighted by Crippen LogP contribution is -2.29. The number of nitrogens with one attached hydrogen (secondary N) is 2. The quantitative estimate of drug-likeness (QED) is 0.493. The van der Waals surface area contributed by atoms with Crippen LogP contribution in [0.5, 0.6) is 0 Å². The summed E-state index contributed by atoms with van der Waals surface area (Å²) in [5, 5.41) is 5.60. The van der Waals surface area contributed by atoms with Crippen molar-refractivity contribution in [3.8, 4) is 0 Å². The van der Waals surface area contributed by atoms with Crippen molar-refractivity contribution in [3.63, 3.8) is 0 Å². The van der Waals surface area contributed by atoms with Gasteiger partial charge in [0.2, 0.25) is 0 Å². The van der Waals surface area contributed by atoms with Gasteiger partial charge in [-0.15, -0.1) is 0 Å². The van der Waals surface area contributed by atoms with E-state index >= 15 is 0 Å². The van der Waals surface area contributed by atoms with Crippen LogP contribution in [0.25, 0.3) is 0 Å². The number of alkyl halides is 3. The second-order valence-corrected chi connectivity index (χ2v) is 5.17. The van der Waals surface area contributed by atoms with Crippen LogP contribution in [0, 0.1) is 5.82 Å². The highest BCUT2D eigenvalue weighted by Gasteiger charge is 2.38. The van der Waals surface area contributed by atoms with Crippen molar-refractivity contribution in [3.05, 3.63) is 65.5 Å². The molecule has 2 aromatic carbocycles. The summed E-state index contributed by atoms with van der Waals surface area (Å²) in [6.45, 7) is 1.58. The van der Waals surface area contributed by atoms with Crippen molar-refractivity contribution >= 4 is 23.2 Å². The van der Waals surface area contributed by atoms with Crippen LogP contribution < -0.4 is 10.7 Å². The van der Waals surface area contributed by atoms with E-state index in [0.29, 0.717) is 11.3 Å². The molecule has 0 aliphatic heterocycles. The fourth-order valence-corrected chi connectivity index (χ4v) is 1.86. The summed E-state index contributed by atoms with van der Waals surface area (Å²) in [6.07, 6.45) is -4.97. The number of halogens is 4. The van der Waals surface area contributed by atoms with Gasteiger partial charge in [-0.2, -0.15) is 18.3 Å². The summed E-state index contributed by atoms with van der Waals surface area (Å²) in [5.41, 5.74) is 3.38. The van der Waals surface area contributed by atoms with Crippen molar-refractivity contribution in [2.24, 2.45) is 5.10 Å². The van der Waals surface area contributed by atoms with E-state index in [1.54, 1.807) is 12.2 Å². The van der Waals surface area contributed by atoms with E-state index in [1.807, 2.05) is 0 Å². The number of amides is 2. The molecule has 0 saturated heterocycles. The highest BCUT2D eigenvalue weighted by Crippen LogP contribution is 2.18. The zero-order chi connectivity index (χ0) is 19.3. The van der Waals surface area contributed by atoms with Crippen LogP contribution in [0.4, 0.5) is 23.2 Å². The van der Waals surface area contributed by atoms with Crippen LogP contribution in [-0.4, -0.2) is 23.7 Å². The summed E-state index contributed by atoms with van der Waals surface area (Å²) in [5.74, 6) is -3.08. The highest BCUT2D eigenvalue weighted by atomic mass is 19.4. The molecule has 26 heavy (non-hydrogen) atoms. The lowest BCUT2D eigenvalue weighted by molar-refractivity contribution is -0.167. The third-order valence-electron chi connectivity index (χ3n) is 3.25. The molecule has 0 fully saturated rings. The molecule has 5 nitrogen and oxygen atoms in total. The topological polar surface area (TPSA) is 70.6 Å². The Morgan fingerprint density at radius 1 is 0.923 bits per heavy atom. The standard InChI is InChI=1S/C17H13F4N3O2/c1-10(23-24-15(25)12-2-6-13(18)7-3-12)11-4-8-14(9-5-11)22-16(26)17(19,20)21/h2-9H,1H3,(H,22,26)(H,24,25)/b23-10-. The van der Waals surface area contributed by atoms with Gasteiger partial charge in [-0.25, -0.2) is 9.82 Å². The van der Waals surface area contributed by atoms with Gasteiger partial charge in [0.1, 0.15) is 5.82 Å². The predicted molar refractivity (Wildman–Crippen MR) is 87.2 cm³/mol. The average Bonchev–Trinajstić information content (AvgIpc) is 2.59. The lowest BCUT2D eigenvalue weighted by Gasteiger charge is -2.08. The van der Waals surface area contributed by atoms with Crippen LogP contribution in [-0.2, 0) is 4.79 Å². The number of anilines is 1. The molecule has 0 aromatic heterocycles. The number of benzene rings is 2. The Morgan fingerprint density at radius 2 is 1.46 bits per heavy atom. The van der Waals surface area contributed by atoms with Crippen LogP contribution in [0.15, 0.2) is 53.6 Å². The van der Waals surface area contributed by atoms with Gasteiger partial charge >= 0.3 is 12.1 Å². The molecule has 0 unspecified atom stereocenters. The molecular weight excluding hydrogens is 354 g/mol. The monoisotopic (exact) mass is 367 g/mol. The van der Waals surface area contributed by atoms with Gasteiger partial charge < -0.3 is 5.32 Å². The van der Waals surface area contributed by atoms with Gasteiger partial charge in [-0.1, -0.05) is 12.1 Å². The lowest BCUT2D eigenvalue weighted by atomic mass is 10.1. The maximum Gasteiger partial charge on any atom is 0.471 e. The van der Waals surface area contributed by atoms with Gasteiger partial charge in [0.25, 0.3) is 5.91 Å². The highest BCUT2D eigenvalue weighted by molar-refractivity contribution is 6.01. The second kappa shape index (κ2) is 7.77. The smallest absolute Gasteiger partial charge is 0.318 e. The molecule has 2 aromatic rings. The first kappa shape index (κ1) is 19.1. The molecule has 2 amide bonds. The van der Waals surface area contributed by atoms with E-state index in [2.05, 4.69) is 10.5 Å². The Morgan fingerprint density at radius 3 is 2.00 bits per heavy atom. The van der Waals surface area contributed by atoms with Crippen molar-refractivity contribution in [2.75, 3.05) is 5.32 Å². The summed E-state index contributed by atoms with van der Waals surface area (Å²) in [6, 6.07) is 10.3. The van der Waals surface area contributed by atoms with Gasteiger partial charge in [-0.3, -0.25) is 9.59 Å². The second-order valence-electron chi connectivity index (χ2n) is 5.17. The zero-order valence-corrected chi connectivity index (χ0v) is 13.4. The minimum absolute atomic E-state index is 0.0285. The number of hydrogen-bond acceptors (Lipinski definition) is 3. The SMILES string of the molecule is C/C(=N/NC(=O)c1ccc(F)cc1)c1ccc(NC(=O)C(F)(F)F)cc1. The average molecular weight is 367 g/mol. The third-order valence-corrected chi connectivity index (χ3v) is 3.25. The molecule has 0 radical (unpaired) electrons. The van der Waals surface area contributed by atoms with E-state index in [1.165, 1.54) is 36.4 Å². The van der Waals surface area contributed by atoms with E-state index in [4.69, 9.17) is 0 Å². The van der Waals surface area contributed by atoms with Crippen molar-refractivity contribution < 1.29 is 27.2 Å². The summed E-state index contributed by atoms with van der Waals surface area (Å²) in [7, 11) is 0. The maximum absolute atomic E-state index is 12.8. The summed E-state index contributed by atoms with van der Waals surface area (Å²) in [4.78, 5) is 22.7. The number of nitrogens with zero attached hydrogens (tertiary/aromatic N) is 1. The number of hydrogen-bond donors (Lipinski definition) is 2. The Kier molecular flexibility index (Phi) is 5.71. The van der Waals surface area contributed by atoms with Gasteiger partial charge in [0, 0.05) is 11.3 Å². The normalized spacial score (nSPS) is 11.8. The maximum atomic E-state index is 12.8. The summed E-state index contributed by atoms with van der Waals surface area (Å²) < 4.78 is 49.4. The molecule has 2 N–H and O–H groups in total. The van der Waals surface area contributed by atoms with Gasteiger partial charge in [0.15, 0.2) is 0 Å². The molecule has 0 spiro atoms. The van der Waals surface area contributed by atoms with Gasteiger partial charge in [-0.05, 0) is 48.9 Å². The minimum Gasteiger partial charge on any atom is -0.318 e. The fourth-order valence-electron chi connectivity index (χ4n) is 1.86. The van der Waals surface area contributed by atoms with E-state index in [0.717, 1.165) is 12.1 Å². The van der Waals surface area contributed by atoms with Crippen LogP contribution in [0.2, 0.25) is 0 Å². The number of hydrazone groups is 1. The molecular formula is C17H13F4N3O2. The first-order valence-corrected chi connectivity index (χ1v) is 7.25. The summed E-state index contributed by atoms with van der Waals surface area (Å²) >= 11 is 0. The Hall–Kier alpha value is -3.23.